The molecule has 1 aromatic rings. The lowest BCUT2D eigenvalue weighted by atomic mass is 10.1. The Bertz CT molecular complexity index is 584. The third kappa shape index (κ3) is 5.39. The Hall–Kier alpha value is -1.27. The van der Waals surface area contributed by atoms with E-state index in [0.717, 1.165) is 12.0 Å². The molecule has 0 bridgehead atoms. The van der Waals surface area contributed by atoms with Crippen LogP contribution in [0.15, 0.2) is 18.2 Å². The number of methoxy groups -OCH3 is 1. The average Bonchev–Trinajstić information content (AvgIpc) is 3.02. The van der Waals surface area contributed by atoms with Gasteiger partial charge in [0.2, 0.25) is 5.91 Å². The molecule has 1 amide bonds. The van der Waals surface area contributed by atoms with E-state index in [4.69, 9.17) is 11.6 Å². The molecule has 1 aliphatic rings. The van der Waals surface area contributed by atoms with Gasteiger partial charge in [-0.05, 0) is 30.5 Å². The number of hydrogen-bond acceptors (Lipinski definition) is 4. The topological polar surface area (TPSA) is 46.6 Å². The van der Waals surface area contributed by atoms with E-state index in [-0.39, 0.29) is 22.1 Å². The number of thioether (sulfide) groups is 1. The number of hydrogen-bond donors (Lipinski definition) is 0. The molecule has 1 saturated heterocycles. The molecular weight excluding hydrogens is 341 g/mol. The summed E-state index contributed by atoms with van der Waals surface area (Å²) in [5, 5.41) is 0.358. The summed E-state index contributed by atoms with van der Waals surface area (Å²) in [6.45, 7) is 1.35. The van der Waals surface area contributed by atoms with E-state index >= 15 is 0 Å². The zero-order valence-electron chi connectivity index (χ0n) is 12.9. The lowest BCUT2D eigenvalue weighted by Crippen LogP contribution is -2.29. The van der Waals surface area contributed by atoms with Crippen molar-refractivity contribution in [3.63, 3.8) is 0 Å². The van der Waals surface area contributed by atoms with Crippen molar-refractivity contribution in [2.24, 2.45) is 0 Å². The number of likely N-dealkylation sites (tertiary alicyclic amines) is 1. The Labute approximate surface area is 144 Å². The number of rotatable bonds is 6. The summed E-state index contributed by atoms with van der Waals surface area (Å²) in [6, 6.07) is 4.61. The fourth-order valence-corrected chi connectivity index (χ4v) is 3.60. The van der Waals surface area contributed by atoms with E-state index in [1.54, 1.807) is 11.0 Å². The van der Waals surface area contributed by atoms with E-state index in [0.29, 0.717) is 31.7 Å². The van der Waals surface area contributed by atoms with Gasteiger partial charge in [-0.15, -0.1) is 11.8 Å². The Morgan fingerprint density at radius 1 is 1.48 bits per heavy atom. The van der Waals surface area contributed by atoms with Crippen molar-refractivity contribution in [1.82, 2.24) is 4.90 Å². The van der Waals surface area contributed by atoms with Crippen LogP contribution in [0.2, 0.25) is 5.02 Å². The lowest BCUT2D eigenvalue weighted by Gasteiger charge is -2.16. The average molecular weight is 360 g/mol. The van der Waals surface area contributed by atoms with Crippen LogP contribution >= 0.6 is 23.4 Å². The summed E-state index contributed by atoms with van der Waals surface area (Å²) in [5.74, 6) is -0.337. The van der Waals surface area contributed by atoms with E-state index in [1.807, 2.05) is 0 Å². The van der Waals surface area contributed by atoms with Crippen molar-refractivity contribution >= 4 is 35.2 Å². The summed E-state index contributed by atoms with van der Waals surface area (Å²) in [4.78, 5) is 25.2. The first-order chi connectivity index (χ1) is 11.0. The smallest absolute Gasteiger partial charge is 0.315 e. The monoisotopic (exact) mass is 359 g/mol. The van der Waals surface area contributed by atoms with Gasteiger partial charge in [0.05, 0.1) is 17.9 Å². The third-order valence-corrected chi connectivity index (χ3v) is 5.34. The Kier molecular flexibility index (Phi) is 6.72. The molecule has 0 N–H and O–H groups in total. The van der Waals surface area contributed by atoms with Gasteiger partial charge in [-0.3, -0.25) is 9.59 Å². The minimum Gasteiger partial charge on any atom is -0.468 e. The number of nitrogens with zero attached hydrogens (tertiary/aromatic N) is 1. The highest BCUT2D eigenvalue weighted by molar-refractivity contribution is 8.00. The van der Waals surface area contributed by atoms with Gasteiger partial charge in [0.25, 0.3) is 0 Å². The lowest BCUT2D eigenvalue weighted by molar-refractivity contribution is -0.137. The number of aryl methyl sites for hydroxylation is 1. The number of halogens is 2. The van der Waals surface area contributed by atoms with Crippen LogP contribution in [-0.2, 0) is 20.7 Å². The van der Waals surface area contributed by atoms with Gasteiger partial charge in [-0.25, -0.2) is 4.39 Å². The van der Waals surface area contributed by atoms with Crippen LogP contribution in [0.25, 0.3) is 0 Å². The van der Waals surface area contributed by atoms with Gasteiger partial charge >= 0.3 is 5.97 Å². The number of benzene rings is 1. The van der Waals surface area contributed by atoms with Crippen molar-refractivity contribution in [2.45, 2.75) is 24.5 Å². The molecule has 2 rings (SSSR count). The molecule has 1 aromatic carbocycles. The summed E-state index contributed by atoms with van der Waals surface area (Å²) >= 11 is 7.16. The number of ether oxygens (including phenoxy) is 1. The van der Waals surface area contributed by atoms with E-state index in [9.17, 15) is 14.0 Å². The van der Waals surface area contributed by atoms with Crippen molar-refractivity contribution in [3.05, 3.63) is 34.6 Å². The van der Waals surface area contributed by atoms with Gasteiger partial charge in [0.15, 0.2) is 0 Å². The molecule has 0 spiro atoms. The van der Waals surface area contributed by atoms with Gasteiger partial charge in [-0.2, -0.15) is 0 Å². The zero-order valence-corrected chi connectivity index (χ0v) is 14.5. The van der Waals surface area contributed by atoms with Crippen LogP contribution < -0.4 is 0 Å². The third-order valence-electron chi connectivity index (χ3n) is 3.77. The summed E-state index contributed by atoms with van der Waals surface area (Å²) in [6.07, 6.45) is 1.71. The predicted octanol–water partition coefficient (Wildman–Crippen LogP) is 2.92. The normalized spacial score (nSPS) is 17.3. The number of carbonyl (C=O) groups excluding carboxylic acids is 2. The van der Waals surface area contributed by atoms with Crippen molar-refractivity contribution < 1.29 is 18.7 Å². The highest BCUT2D eigenvalue weighted by Crippen LogP contribution is 2.24. The van der Waals surface area contributed by atoms with Gasteiger partial charge < -0.3 is 9.64 Å². The minimum atomic E-state index is -0.461. The van der Waals surface area contributed by atoms with Crippen molar-refractivity contribution in [3.8, 4) is 0 Å². The van der Waals surface area contributed by atoms with Gasteiger partial charge in [0.1, 0.15) is 5.82 Å². The molecule has 1 atom stereocenters. The molecule has 1 fully saturated rings. The standard InChI is InChI=1S/C16H19ClFNO3S/c1-22-16(21)10-23-12-6-7-19(9-12)15(20)5-3-11-2-4-13(17)14(18)8-11/h2,4,8,12H,3,5-7,9-10H2,1H3. The summed E-state index contributed by atoms with van der Waals surface area (Å²) in [7, 11) is 1.37. The number of amides is 1. The van der Waals surface area contributed by atoms with E-state index < -0.39 is 5.82 Å². The van der Waals surface area contributed by atoms with Gasteiger partial charge in [0, 0.05) is 24.8 Å². The maximum atomic E-state index is 13.4. The maximum absolute atomic E-state index is 13.4. The number of carbonyl (C=O) groups is 2. The second-order valence-electron chi connectivity index (χ2n) is 5.39. The predicted molar refractivity (Wildman–Crippen MR) is 89.2 cm³/mol. The Morgan fingerprint density at radius 2 is 2.26 bits per heavy atom. The molecule has 1 heterocycles. The van der Waals surface area contributed by atoms with Crippen LogP contribution in [0.3, 0.4) is 0 Å². The molecule has 0 saturated carbocycles. The van der Waals surface area contributed by atoms with Crippen LogP contribution in [0.4, 0.5) is 4.39 Å². The van der Waals surface area contributed by atoms with E-state index in [2.05, 4.69) is 4.74 Å². The van der Waals surface area contributed by atoms with Crippen LogP contribution in [0, 0.1) is 5.82 Å². The Balaban J connectivity index is 1.76. The first-order valence-electron chi connectivity index (χ1n) is 7.39. The highest BCUT2D eigenvalue weighted by atomic mass is 35.5. The second kappa shape index (κ2) is 8.55. The second-order valence-corrected chi connectivity index (χ2v) is 7.08. The summed E-state index contributed by atoms with van der Waals surface area (Å²) in [5.41, 5.74) is 0.760. The molecule has 23 heavy (non-hydrogen) atoms. The van der Waals surface area contributed by atoms with Crippen LogP contribution in [0.1, 0.15) is 18.4 Å². The van der Waals surface area contributed by atoms with E-state index in [1.165, 1.54) is 31.0 Å². The molecular formula is C16H19ClFNO3S. The SMILES string of the molecule is COC(=O)CSC1CCN(C(=O)CCc2ccc(Cl)c(F)c2)C1. The van der Waals surface area contributed by atoms with Gasteiger partial charge in [-0.1, -0.05) is 17.7 Å². The molecule has 7 heteroatoms. The molecule has 1 unspecified atom stereocenters. The first-order valence-corrected chi connectivity index (χ1v) is 8.82. The highest BCUT2D eigenvalue weighted by Gasteiger charge is 2.26. The molecule has 1 aliphatic heterocycles. The zero-order chi connectivity index (χ0) is 16.8. The van der Waals surface area contributed by atoms with Crippen LogP contribution in [-0.4, -0.2) is 48.0 Å². The molecule has 0 radical (unpaired) electrons. The first kappa shape index (κ1) is 18.1. The molecule has 0 aromatic heterocycles. The fourth-order valence-electron chi connectivity index (χ4n) is 2.44. The largest absolute Gasteiger partial charge is 0.468 e. The Morgan fingerprint density at radius 3 is 2.96 bits per heavy atom. The molecule has 4 nitrogen and oxygen atoms in total. The van der Waals surface area contributed by atoms with Crippen LogP contribution in [0.5, 0.6) is 0 Å². The fraction of sp³-hybridized carbons (Fsp3) is 0.500. The molecule has 126 valence electrons. The van der Waals surface area contributed by atoms with Crippen molar-refractivity contribution in [2.75, 3.05) is 26.0 Å². The van der Waals surface area contributed by atoms with Crippen molar-refractivity contribution in [1.29, 1.82) is 0 Å². The maximum Gasteiger partial charge on any atom is 0.315 e. The number of esters is 1. The minimum absolute atomic E-state index is 0.0570. The quantitative estimate of drug-likeness (QED) is 0.733. The summed E-state index contributed by atoms with van der Waals surface area (Å²) < 4.78 is 18.0. The molecule has 0 aliphatic carbocycles.